The first-order valence-corrected chi connectivity index (χ1v) is 9.69. The summed E-state index contributed by atoms with van der Waals surface area (Å²) < 4.78 is 5.26. The molecule has 144 valence electrons. The van der Waals surface area contributed by atoms with Gasteiger partial charge in [-0.25, -0.2) is 9.97 Å². The third-order valence-electron chi connectivity index (χ3n) is 5.20. The number of piperazine rings is 1. The number of para-hydroxylation sites is 2. The van der Waals surface area contributed by atoms with Crippen molar-refractivity contribution in [2.24, 2.45) is 0 Å². The van der Waals surface area contributed by atoms with Crippen LogP contribution in [-0.2, 0) is 0 Å². The topological polar surface area (TPSA) is 62.5 Å². The van der Waals surface area contributed by atoms with Crippen molar-refractivity contribution in [1.82, 2.24) is 14.9 Å². The molecular weight excluding hydrogens is 364 g/mol. The molecule has 1 aliphatic rings. The van der Waals surface area contributed by atoms with Crippen molar-refractivity contribution >= 4 is 22.8 Å². The first-order valence-electron chi connectivity index (χ1n) is 9.69. The number of benzene rings is 2. The minimum Gasteiger partial charge on any atom is -0.459 e. The smallest absolute Gasteiger partial charge is 0.289 e. The van der Waals surface area contributed by atoms with Crippen LogP contribution in [0.4, 0.5) is 5.82 Å². The highest BCUT2D eigenvalue weighted by Gasteiger charge is 2.26. The predicted molar refractivity (Wildman–Crippen MR) is 112 cm³/mol. The van der Waals surface area contributed by atoms with E-state index >= 15 is 0 Å². The van der Waals surface area contributed by atoms with Crippen LogP contribution >= 0.6 is 0 Å². The summed E-state index contributed by atoms with van der Waals surface area (Å²) in [5.41, 5.74) is 3.66. The lowest BCUT2D eigenvalue weighted by Crippen LogP contribution is -2.49. The van der Waals surface area contributed by atoms with Crippen LogP contribution in [-0.4, -0.2) is 47.0 Å². The zero-order valence-electron chi connectivity index (χ0n) is 15.9. The van der Waals surface area contributed by atoms with Gasteiger partial charge < -0.3 is 14.2 Å². The molecule has 0 bridgehead atoms. The van der Waals surface area contributed by atoms with Crippen molar-refractivity contribution in [3.05, 3.63) is 78.8 Å². The van der Waals surface area contributed by atoms with E-state index in [1.54, 1.807) is 12.1 Å². The highest BCUT2D eigenvalue weighted by Crippen LogP contribution is 2.30. The Labute approximate surface area is 168 Å². The first kappa shape index (κ1) is 17.4. The molecule has 0 atom stereocenters. The van der Waals surface area contributed by atoms with Crippen molar-refractivity contribution in [2.45, 2.75) is 0 Å². The monoisotopic (exact) mass is 384 g/mol. The Bertz CT molecular complexity index is 1130. The first-order chi connectivity index (χ1) is 14.3. The molecule has 0 saturated carbocycles. The van der Waals surface area contributed by atoms with Gasteiger partial charge >= 0.3 is 0 Å². The molecule has 4 aromatic rings. The number of anilines is 1. The molecule has 1 aliphatic heterocycles. The molecule has 0 N–H and O–H groups in total. The highest BCUT2D eigenvalue weighted by atomic mass is 16.3. The van der Waals surface area contributed by atoms with Crippen LogP contribution in [0.2, 0.25) is 0 Å². The van der Waals surface area contributed by atoms with Crippen LogP contribution < -0.4 is 4.90 Å². The molecule has 0 radical (unpaired) electrons. The van der Waals surface area contributed by atoms with E-state index < -0.39 is 0 Å². The second-order valence-electron chi connectivity index (χ2n) is 7.01. The number of amides is 1. The SMILES string of the molecule is O=C(c1ccco1)N1CCN(c2nc3ccccc3nc2-c2ccccc2)CC1. The summed E-state index contributed by atoms with van der Waals surface area (Å²) in [6.07, 6.45) is 1.53. The molecule has 1 amide bonds. The number of aromatic nitrogens is 2. The third-order valence-corrected chi connectivity index (χ3v) is 5.20. The molecule has 0 unspecified atom stereocenters. The Hall–Kier alpha value is -3.67. The molecule has 1 saturated heterocycles. The number of nitrogens with zero attached hydrogens (tertiary/aromatic N) is 4. The zero-order valence-corrected chi connectivity index (χ0v) is 15.9. The van der Waals surface area contributed by atoms with Crippen LogP contribution in [0.25, 0.3) is 22.3 Å². The van der Waals surface area contributed by atoms with Crippen molar-refractivity contribution in [3.8, 4) is 11.3 Å². The molecule has 2 aromatic carbocycles. The number of hydrogen-bond donors (Lipinski definition) is 0. The fourth-order valence-corrected chi connectivity index (χ4v) is 3.68. The van der Waals surface area contributed by atoms with Gasteiger partial charge in [0.1, 0.15) is 5.69 Å². The summed E-state index contributed by atoms with van der Waals surface area (Å²) in [5.74, 6) is 1.18. The van der Waals surface area contributed by atoms with E-state index in [9.17, 15) is 4.79 Å². The minimum atomic E-state index is -0.0671. The van der Waals surface area contributed by atoms with E-state index in [1.807, 2.05) is 47.4 Å². The van der Waals surface area contributed by atoms with Gasteiger partial charge in [-0.05, 0) is 24.3 Å². The van der Waals surface area contributed by atoms with Gasteiger partial charge in [-0.2, -0.15) is 0 Å². The average molecular weight is 384 g/mol. The number of fused-ring (bicyclic) bond motifs is 1. The Balaban J connectivity index is 1.46. The fourth-order valence-electron chi connectivity index (χ4n) is 3.68. The third kappa shape index (κ3) is 3.33. The summed E-state index contributed by atoms with van der Waals surface area (Å²) in [6.45, 7) is 2.61. The molecule has 6 heteroatoms. The summed E-state index contributed by atoms with van der Waals surface area (Å²) >= 11 is 0. The van der Waals surface area contributed by atoms with E-state index in [1.165, 1.54) is 6.26 Å². The largest absolute Gasteiger partial charge is 0.459 e. The molecular formula is C23H20N4O2. The lowest BCUT2D eigenvalue weighted by atomic mass is 10.1. The van der Waals surface area contributed by atoms with Gasteiger partial charge in [0, 0.05) is 31.7 Å². The summed E-state index contributed by atoms with van der Waals surface area (Å²) in [7, 11) is 0. The van der Waals surface area contributed by atoms with Crippen molar-refractivity contribution < 1.29 is 9.21 Å². The minimum absolute atomic E-state index is 0.0671. The van der Waals surface area contributed by atoms with E-state index in [-0.39, 0.29) is 5.91 Å². The molecule has 0 aliphatic carbocycles. The molecule has 29 heavy (non-hydrogen) atoms. The predicted octanol–water partition coefficient (Wildman–Crippen LogP) is 3.85. The van der Waals surface area contributed by atoms with E-state index in [2.05, 4.69) is 17.0 Å². The average Bonchev–Trinajstić information content (AvgIpc) is 3.33. The normalized spacial score (nSPS) is 14.3. The second-order valence-corrected chi connectivity index (χ2v) is 7.01. The molecule has 2 aromatic heterocycles. The number of carbonyl (C=O) groups excluding carboxylic acids is 1. The number of rotatable bonds is 3. The van der Waals surface area contributed by atoms with E-state index in [0.29, 0.717) is 31.9 Å². The maximum atomic E-state index is 12.6. The van der Waals surface area contributed by atoms with E-state index in [0.717, 1.165) is 28.1 Å². The highest BCUT2D eigenvalue weighted by molar-refractivity contribution is 5.91. The lowest BCUT2D eigenvalue weighted by molar-refractivity contribution is 0.0714. The van der Waals surface area contributed by atoms with Crippen molar-refractivity contribution in [1.29, 1.82) is 0 Å². The summed E-state index contributed by atoms with van der Waals surface area (Å²) in [6, 6.07) is 21.5. The van der Waals surface area contributed by atoms with Gasteiger partial charge in [0.15, 0.2) is 11.6 Å². The van der Waals surface area contributed by atoms with Crippen LogP contribution in [0.3, 0.4) is 0 Å². The Morgan fingerprint density at radius 3 is 2.17 bits per heavy atom. The Kier molecular flexibility index (Phi) is 4.44. The van der Waals surface area contributed by atoms with Gasteiger partial charge in [0.2, 0.25) is 0 Å². The van der Waals surface area contributed by atoms with Crippen LogP contribution in [0.5, 0.6) is 0 Å². The second kappa shape index (κ2) is 7.39. The molecule has 6 nitrogen and oxygen atoms in total. The fraction of sp³-hybridized carbons (Fsp3) is 0.174. The Morgan fingerprint density at radius 2 is 1.48 bits per heavy atom. The summed E-state index contributed by atoms with van der Waals surface area (Å²) in [5, 5.41) is 0. The zero-order chi connectivity index (χ0) is 19.6. The maximum Gasteiger partial charge on any atom is 0.289 e. The Morgan fingerprint density at radius 1 is 0.793 bits per heavy atom. The lowest BCUT2D eigenvalue weighted by Gasteiger charge is -2.35. The van der Waals surface area contributed by atoms with Gasteiger partial charge in [0.25, 0.3) is 5.91 Å². The molecule has 5 rings (SSSR count). The summed E-state index contributed by atoms with van der Waals surface area (Å²) in [4.78, 5) is 26.4. The number of carbonyl (C=O) groups is 1. The molecule has 0 spiro atoms. The van der Waals surface area contributed by atoms with Crippen LogP contribution in [0.15, 0.2) is 77.4 Å². The molecule has 1 fully saturated rings. The standard InChI is InChI=1S/C23H20N4O2/c28-23(20-11-6-16-29-20)27-14-12-26(13-15-27)22-21(17-7-2-1-3-8-17)24-18-9-4-5-10-19(18)25-22/h1-11,16H,12-15H2. The van der Waals surface area contributed by atoms with Crippen LogP contribution in [0, 0.1) is 0 Å². The number of hydrogen-bond acceptors (Lipinski definition) is 5. The van der Waals surface area contributed by atoms with Gasteiger partial charge in [0.05, 0.1) is 17.3 Å². The van der Waals surface area contributed by atoms with Crippen molar-refractivity contribution in [2.75, 3.05) is 31.1 Å². The quantitative estimate of drug-likeness (QED) is 0.537. The number of furan rings is 1. The van der Waals surface area contributed by atoms with Gasteiger partial charge in [-0.1, -0.05) is 42.5 Å². The molecule has 3 heterocycles. The van der Waals surface area contributed by atoms with Gasteiger partial charge in [-0.3, -0.25) is 4.79 Å². The van der Waals surface area contributed by atoms with Crippen LogP contribution in [0.1, 0.15) is 10.6 Å². The van der Waals surface area contributed by atoms with Gasteiger partial charge in [-0.15, -0.1) is 0 Å². The van der Waals surface area contributed by atoms with Crippen molar-refractivity contribution in [3.63, 3.8) is 0 Å². The maximum absolute atomic E-state index is 12.6. The van der Waals surface area contributed by atoms with E-state index in [4.69, 9.17) is 14.4 Å².